The fourth-order valence-corrected chi connectivity index (χ4v) is 12.8. The topological polar surface area (TPSA) is 189 Å². The van der Waals surface area contributed by atoms with E-state index in [1.165, 1.54) is 17.5 Å². The van der Waals surface area contributed by atoms with Gasteiger partial charge in [-0.25, -0.2) is 9.98 Å². The van der Waals surface area contributed by atoms with Gasteiger partial charge in [0.05, 0.1) is 15.8 Å². The number of hydrogen-bond acceptors (Lipinski definition) is 10. The van der Waals surface area contributed by atoms with E-state index in [4.69, 9.17) is 21.9 Å². The third kappa shape index (κ3) is 3.98. The maximum Gasteiger partial charge on any atom is 0.299 e. The first-order valence-corrected chi connectivity index (χ1v) is 17.8. The Kier molecular flexibility index (Phi) is 6.69. The number of likely N-dealkylation sites (tertiary alicyclic amines) is 1. The Morgan fingerprint density at radius 3 is 2.47 bits per heavy atom. The van der Waals surface area contributed by atoms with E-state index in [0.29, 0.717) is 58.7 Å². The van der Waals surface area contributed by atoms with Gasteiger partial charge in [-0.3, -0.25) is 10.4 Å². The summed E-state index contributed by atoms with van der Waals surface area (Å²) in [5, 5.41) is 45.1. The molecule has 49 heavy (non-hydrogen) atoms. The molecule has 5 fully saturated rings. The zero-order valence-corrected chi connectivity index (χ0v) is 29.2. The molecule has 1 aromatic heterocycles. The molecule has 1 aromatic carbocycles. The van der Waals surface area contributed by atoms with Gasteiger partial charge in [-0.2, -0.15) is 0 Å². The summed E-state index contributed by atoms with van der Waals surface area (Å²) < 4.78 is 1.03. The minimum atomic E-state index is -0.886. The summed E-state index contributed by atoms with van der Waals surface area (Å²) in [5.41, 5.74) is 16.6. The van der Waals surface area contributed by atoms with Crippen LogP contribution in [0.4, 0.5) is 5.13 Å². The first-order valence-electron chi connectivity index (χ1n) is 17.0. The number of amidine groups is 2. The van der Waals surface area contributed by atoms with Crippen LogP contribution in [0.5, 0.6) is 0 Å². The molecule has 4 saturated carbocycles. The molecule has 11 nitrogen and oxygen atoms in total. The molecule has 2 aliphatic heterocycles. The number of rotatable bonds is 7. The predicted octanol–water partition coefficient (Wildman–Crippen LogP) is 5.97. The Bertz CT molecular complexity index is 1990. The van der Waals surface area contributed by atoms with Crippen LogP contribution < -0.4 is 16.8 Å². The third-order valence-electron chi connectivity index (χ3n) is 12.7. The highest BCUT2D eigenvalue weighted by atomic mass is 32.1. The number of hydrogen-bond donors (Lipinski definition) is 7. The van der Waals surface area contributed by atoms with Crippen molar-refractivity contribution in [3.05, 3.63) is 82.4 Å². The van der Waals surface area contributed by atoms with Gasteiger partial charge in [-0.1, -0.05) is 37.3 Å². The molecule has 12 heteroatoms. The van der Waals surface area contributed by atoms with E-state index in [2.05, 4.69) is 29.1 Å². The molecule has 0 amide bonds. The zero-order valence-electron chi connectivity index (χ0n) is 28.4. The van der Waals surface area contributed by atoms with Crippen molar-refractivity contribution in [3.63, 3.8) is 0 Å². The van der Waals surface area contributed by atoms with Crippen molar-refractivity contribution in [2.24, 2.45) is 43.1 Å². The van der Waals surface area contributed by atoms with Gasteiger partial charge >= 0.3 is 0 Å². The predicted molar refractivity (Wildman–Crippen MR) is 194 cm³/mol. The van der Waals surface area contributed by atoms with E-state index >= 15 is 0 Å². The van der Waals surface area contributed by atoms with Crippen molar-refractivity contribution in [3.8, 4) is 0 Å². The summed E-state index contributed by atoms with van der Waals surface area (Å²) in [6.07, 6.45) is 10.4. The number of thiazole rings is 1. The molecule has 1 saturated heterocycles. The number of allylic oxidation sites excluding steroid dienone is 3. The minimum absolute atomic E-state index is 0.00719. The molecular formula is C37H44N8O3S. The molecule has 2 unspecified atom stereocenters. The highest BCUT2D eigenvalue weighted by molar-refractivity contribution is 7.22. The van der Waals surface area contributed by atoms with Crippen LogP contribution in [-0.4, -0.2) is 61.3 Å². The molecule has 2 aromatic rings. The molecule has 256 valence electrons. The van der Waals surface area contributed by atoms with Crippen molar-refractivity contribution in [1.29, 1.82) is 5.41 Å². The fraction of sp³-hybridized carbons (Fsp3) is 0.459. The van der Waals surface area contributed by atoms with Gasteiger partial charge in [0, 0.05) is 52.6 Å². The van der Waals surface area contributed by atoms with E-state index in [1.807, 2.05) is 44.2 Å². The van der Waals surface area contributed by atoms with Gasteiger partial charge in [0.2, 0.25) is 5.13 Å². The van der Waals surface area contributed by atoms with Crippen molar-refractivity contribution in [1.82, 2.24) is 15.2 Å². The summed E-state index contributed by atoms with van der Waals surface area (Å²) in [5.74, 6) is 0.210. The van der Waals surface area contributed by atoms with Crippen LogP contribution in [0.2, 0.25) is 0 Å². The normalized spacial score (nSPS) is 36.3. The average Bonchev–Trinajstić information content (AvgIpc) is 3.44. The van der Waals surface area contributed by atoms with Crippen molar-refractivity contribution >= 4 is 44.1 Å². The van der Waals surface area contributed by atoms with Crippen molar-refractivity contribution in [2.45, 2.75) is 71.8 Å². The number of aliphatic hydroxyl groups excluding tert-OH is 1. The lowest BCUT2D eigenvalue weighted by Gasteiger charge is -3.01. The van der Waals surface area contributed by atoms with Crippen LogP contribution in [-0.2, 0) is 0 Å². The van der Waals surface area contributed by atoms with Gasteiger partial charge < -0.3 is 37.0 Å². The monoisotopic (exact) mass is 680 g/mol. The number of benzene rings is 1. The fourth-order valence-electron chi connectivity index (χ4n) is 12.0. The molecule has 8 rings (SSSR count). The van der Waals surface area contributed by atoms with Gasteiger partial charge in [-0.05, 0) is 93.1 Å². The Morgan fingerprint density at radius 1 is 1.12 bits per heavy atom. The standard InChI is InChI=1S/C37H44N8O3S/c1-20(29(39)44-32-42-25-9-5-6-10-26(25)49-32)22-8-7-13-45(30(22)40)27-12-11-23(28(43-27)31(46)47)24(14-38)21(2)41-19-35-15-33(3)17-36(48)18-34(4,16-35)37(33,35)36/h5-6,9-12,14,40,43,46-48H,7-8,13,15-19,38H2,1-4H3,(H2,39,42,44)/b22-20-,24-14+,40-30?,41-21?. The zero-order chi connectivity index (χ0) is 34.7. The van der Waals surface area contributed by atoms with Crippen molar-refractivity contribution < 1.29 is 15.3 Å². The van der Waals surface area contributed by atoms with E-state index in [-0.39, 0.29) is 33.2 Å². The largest absolute Gasteiger partial charge is 0.480 e. The second-order valence-electron chi connectivity index (χ2n) is 15.5. The van der Waals surface area contributed by atoms with E-state index < -0.39 is 11.5 Å². The summed E-state index contributed by atoms with van der Waals surface area (Å²) in [7, 11) is 0. The first kappa shape index (κ1) is 31.8. The molecule has 0 bridgehead atoms. The highest BCUT2D eigenvalue weighted by Gasteiger charge is 3.01. The molecular weight excluding hydrogens is 637 g/mol. The summed E-state index contributed by atoms with van der Waals surface area (Å²) >= 11 is 1.46. The molecule has 9 N–H and O–H groups in total. The minimum Gasteiger partial charge on any atom is -0.480 e. The smallest absolute Gasteiger partial charge is 0.299 e. The molecule has 3 heterocycles. The van der Waals surface area contributed by atoms with Crippen LogP contribution in [0, 0.1) is 27.1 Å². The van der Waals surface area contributed by atoms with Crippen LogP contribution in [0.1, 0.15) is 66.2 Å². The first-order chi connectivity index (χ1) is 23.2. The quantitative estimate of drug-likeness (QED) is 0.106. The van der Waals surface area contributed by atoms with Gasteiger partial charge in [-0.15, -0.1) is 0 Å². The van der Waals surface area contributed by atoms with Crippen LogP contribution in [0.15, 0.2) is 92.4 Å². The second kappa shape index (κ2) is 10.3. The Morgan fingerprint density at radius 2 is 1.84 bits per heavy atom. The van der Waals surface area contributed by atoms with Crippen LogP contribution in [0.3, 0.4) is 0 Å². The number of nitrogens with zero attached hydrogens (tertiary/aromatic N) is 4. The highest BCUT2D eigenvalue weighted by Crippen LogP contribution is 3.02. The Labute approximate surface area is 289 Å². The van der Waals surface area contributed by atoms with Crippen molar-refractivity contribution in [2.75, 3.05) is 13.1 Å². The second-order valence-corrected chi connectivity index (χ2v) is 16.5. The lowest BCUT2D eigenvalue weighted by molar-refractivity contribution is -0.560. The number of aromatic nitrogens is 1. The van der Waals surface area contributed by atoms with Crippen LogP contribution >= 0.6 is 11.3 Å². The maximum absolute atomic E-state index is 11.4. The summed E-state index contributed by atoms with van der Waals surface area (Å²) in [4.78, 5) is 16.0. The summed E-state index contributed by atoms with van der Waals surface area (Å²) in [6.45, 7) is 9.59. The summed E-state index contributed by atoms with van der Waals surface area (Å²) in [6, 6.07) is 7.83. The SMILES string of the molecule is CC(=NCC12CC3(C)CC4(O)CC(C)(C1)C342)/C(=C\N)C1=CC=C(N2CCC/C(=C(C)/C(N)=N\c3nc4ccccc4s3)C2=N)NC1=C(O)O. The number of piperidine rings is 1. The Hall–Kier alpha value is -4.42. The number of aliphatic imine (C=N–C) groups is 2. The molecule has 6 aliphatic rings. The molecule has 4 aliphatic carbocycles. The molecule has 2 atom stereocenters. The third-order valence-corrected chi connectivity index (χ3v) is 13.7. The number of fused-ring (bicyclic) bond motifs is 1. The van der Waals surface area contributed by atoms with E-state index in [0.717, 1.165) is 47.9 Å². The lowest BCUT2D eigenvalue weighted by Crippen LogP contribution is -3.01. The number of dihydropyridines is 1. The van der Waals surface area contributed by atoms with E-state index in [1.54, 1.807) is 11.0 Å². The Balaban J connectivity index is 1.03. The number of aliphatic hydroxyl groups is 3. The average molecular weight is 681 g/mol. The van der Waals surface area contributed by atoms with Gasteiger partial charge in [0.15, 0.2) is 0 Å². The molecule has 0 radical (unpaired) electrons. The number of nitrogens with one attached hydrogen (secondary N) is 2. The lowest BCUT2D eigenvalue weighted by atomic mass is 9.03. The number of para-hydroxylation sites is 1. The maximum atomic E-state index is 11.4. The van der Waals surface area contributed by atoms with Crippen LogP contribution in [0.25, 0.3) is 10.2 Å². The van der Waals surface area contributed by atoms with Gasteiger partial charge in [0.1, 0.15) is 23.2 Å². The van der Waals surface area contributed by atoms with Gasteiger partial charge in [0.25, 0.3) is 5.95 Å². The molecule has 1 spiro atoms. The van der Waals surface area contributed by atoms with E-state index in [9.17, 15) is 15.3 Å². The number of nitrogens with two attached hydrogens (primary N) is 2.